The van der Waals surface area contributed by atoms with E-state index >= 15 is 0 Å². The molecule has 4 aromatic rings. The number of benzene rings is 2. The monoisotopic (exact) mass is 300 g/mol. The molecule has 0 unspecified atom stereocenters. The van der Waals surface area contributed by atoms with Gasteiger partial charge in [-0.25, -0.2) is 0 Å². The van der Waals surface area contributed by atoms with Gasteiger partial charge in [0.2, 0.25) is 0 Å². The predicted octanol–water partition coefficient (Wildman–Crippen LogP) is 4.70. The fraction of sp³-hybridized carbons (Fsp3) is 0.0500. The van der Waals surface area contributed by atoms with Gasteiger partial charge in [0.25, 0.3) is 0 Å². The second-order valence-electron chi connectivity index (χ2n) is 5.40. The summed E-state index contributed by atoms with van der Waals surface area (Å²) >= 11 is 0. The first-order chi connectivity index (χ1) is 11.3. The van der Waals surface area contributed by atoms with E-state index in [1.807, 2.05) is 24.4 Å². The molecule has 0 aliphatic heterocycles. The summed E-state index contributed by atoms with van der Waals surface area (Å²) in [5.74, 6) is 0.871. The number of aromatic nitrogens is 2. The molecular formula is C20H16N2O. The van der Waals surface area contributed by atoms with E-state index in [4.69, 9.17) is 4.74 Å². The maximum absolute atomic E-state index is 5.31. The SMILES string of the molecule is COc1cccc(-c2ccc3c(ccn3-c3cccnc3)c2)c1. The lowest BCUT2D eigenvalue weighted by Crippen LogP contribution is -1.92. The molecule has 23 heavy (non-hydrogen) atoms. The summed E-state index contributed by atoms with van der Waals surface area (Å²) in [6.45, 7) is 0. The van der Waals surface area contributed by atoms with Crippen LogP contribution >= 0.6 is 0 Å². The Hall–Kier alpha value is -3.07. The van der Waals surface area contributed by atoms with Crippen molar-refractivity contribution >= 4 is 10.9 Å². The molecule has 0 radical (unpaired) electrons. The van der Waals surface area contributed by atoms with Gasteiger partial charge < -0.3 is 9.30 Å². The van der Waals surface area contributed by atoms with E-state index in [9.17, 15) is 0 Å². The second-order valence-corrected chi connectivity index (χ2v) is 5.40. The average molecular weight is 300 g/mol. The normalized spacial score (nSPS) is 10.8. The Balaban J connectivity index is 1.81. The van der Waals surface area contributed by atoms with Crippen LogP contribution in [0.15, 0.2) is 79.3 Å². The Morgan fingerprint density at radius 1 is 0.913 bits per heavy atom. The van der Waals surface area contributed by atoms with Crippen LogP contribution in [0.4, 0.5) is 0 Å². The number of nitrogens with zero attached hydrogens (tertiary/aromatic N) is 2. The lowest BCUT2D eigenvalue weighted by molar-refractivity contribution is 0.415. The molecule has 112 valence electrons. The van der Waals surface area contributed by atoms with Crippen molar-refractivity contribution in [3.63, 3.8) is 0 Å². The highest BCUT2D eigenvalue weighted by molar-refractivity contribution is 5.87. The predicted molar refractivity (Wildman–Crippen MR) is 93.1 cm³/mol. The van der Waals surface area contributed by atoms with Crippen molar-refractivity contribution in [1.29, 1.82) is 0 Å². The zero-order valence-electron chi connectivity index (χ0n) is 12.8. The Labute approximate surface area is 134 Å². The summed E-state index contributed by atoms with van der Waals surface area (Å²) < 4.78 is 7.47. The molecule has 0 fully saturated rings. The summed E-state index contributed by atoms with van der Waals surface area (Å²) in [6, 6.07) is 20.8. The molecule has 3 nitrogen and oxygen atoms in total. The van der Waals surface area contributed by atoms with Gasteiger partial charge in [-0.05, 0) is 53.6 Å². The first kappa shape index (κ1) is 13.6. The minimum Gasteiger partial charge on any atom is -0.497 e. The van der Waals surface area contributed by atoms with E-state index in [-0.39, 0.29) is 0 Å². The Morgan fingerprint density at radius 3 is 2.65 bits per heavy atom. The molecule has 0 saturated carbocycles. The Bertz CT molecular complexity index is 958. The number of pyridine rings is 1. The third kappa shape index (κ3) is 2.46. The molecule has 2 aromatic heterocycles. The van der Waals surface area contributed by atoms with Gasteiger partial charge in [-0.1, -0.05) is 18.2 Å². The van der Waals surface area contributed by atoms with Crippen molar-refractivity contribution < 1.29 is 4.74 Å². The third-order valence-corrected chi connectivity index (χ3v) is 4.02. The highest BCUT2D eigenvalue weighted by Gasteiger charge is 2.06. The molecule has 2 aromatic carbocycles. The fourth-order valence-electron chi connectivity index (χ4n) is 2.85. The highest BCUT2D eigenvalue weighted by Crippen LogP contribution is 2.28. The van der Waals surface area contributed by atoms with Crippen molar-refractivity contribution in [2.45, 2.75) is 0 Å². The lowest BCUT2D eigenvalue weighted by atomic mass is 10.0. The number of ether oxygens (including phenoxy) is 1. The van der Waals surface area contributed by atoms with Crippen LogP contribution in [0.3, 0.4) is 0 Å². The van der Waals surface area contributed by atoms with Crippen LogP contribution in [-0.2, 0) is 0 Å². The van der Waals surface area contributed by atoms with E-state index in [2.05, 4.69) is 58.2 Å². The molecule has 0 atom stereocenters. The zero-order chi connectivity index (χ0) is 15.6. The number of fused-ring (bicyclic) bond motifs is 1. The molecule has 0 aliphatic carbocycles. The smallest absolute Gasteiger partial charge is 0.119 e. The maximum Gasteiger partial charge on any atom is 0.119 e. The minimum absolute atomic E-state index is 0.871. The quantitative estimate of drug-likeness (QED) is 0.548. The van der Waals surface area contributed by atoms with Gasteiger partial charge in [0.1, 0.15) is 5.75 Å². The number of rotatable bonds is 3. The van der Waals surface area contributed by atoms with Crippen LogP contribution in [0, 0.1) is 0 Å². The molecule has 0 amide bonds. The van der Waals surface area contributed by atoms with Gasteiger partial charge in [0, 0.05) is 17.8 Å². The topological polar surface area (TPSA) is 27.1 Å². The zero-order valence-corrected chi connectivity index (χ0v) is 12.8. The van der Waals surface area contributed by atoms with E-state index in [0.717, 1.165) is 17.0 Å². The van der Waals surface area contributed by atoms with Crippen LogP contribution in [0.5, 0.6) is 5.75 Å². The van der Waals surface area contributed by atoms with Crippen molar-refractivity contribution in [1.82, 2.24) is 9.55 Å². The van der Waals surface area contributed by atoms with E-state index in [1.165, 1.54) is 16.5 Å². The Kier molecular flexibility index (Phi) is 3.31. The summed E-state index contributed by atoms with van der Waals surface area (Å²) in [5.41, 5.74) is 4.57. The number of methoxy groups -OCH3 is 1. The van der Waals surface area contributed by atoms with Crippen LogP contribution in [0.1, 0.15) is 0 Å². The minimum atomic E-state index is 0.871. The standard InChI is InChI=1S/C20H16N2O/c1-23-19-6-2-4-15(13-19)16-7-8-20-17(12-16)9-11-22(20)18-5-3-10-21-14-18/h2-14H,1H3. The van der Waals surface area contributed by atoms with E-state index in [1.54, 1.807) is 13.3 Å². The molecule has 4 rings (SSSR count). The molecule has 0 aliphatic rings. The lowest BCUT2D eigenvalue weighted by Gasteiger charge is -2.07. The van der Waals surface area contributed by atoms with Crippen LogP contribution in [0.25, 0.3) is 27.7 Å². The Morgan fingerprint density at radius 2 is 1.83 bits per heavy atom. The largest absolute Gasteiger partial charge is 0.497 e. The average Bonchev–Trinajstić information content (AvgIpc) is 3.05. The molecule has 0 saturated heterocycles. The maximum atomic E-state index is 5.31. The molecule has 0 spiro atoms. The second kappa shape index (κ2) is 5.61. The van der Waals surface area contributed by atoms with Gasteiger partial charge in [-0.15, -0.1) is 0 Å². The fourth-order valence-corrected chi connectivity index (χ4v) is 2.85. The summed E-state index contributed by atoms with van der Waals surface area (Å²) in [7, 11) is 1.69. The third-order valence-electron chi connectivity index (χ3n) is 4.02. The first-order valence-electron chi connectivity index (χ1n) is 7.51. The van der Waals surface area contributed by atoms with Crippen molar-refractivity contribution in [3.8, 4) is 22.6 Å². The first-order valence-corrected chi connectivity index (χ1v) is 7.51. The van der Waals surface area contributed by atoms with Crippen LogP contribution in [-0.4, -0.2) is 16.7 Å². The summed E-state index contributed by atoms with van der Waals surface area (Å²) in [5, 5.41) is 1.20. The summed E-state index contributed by atoms with van der Waals surface area (Å²) in [6.07, 6.45) is 5.74. The van der Waals surface area contributed by atoms with Gasteiger partial charge in [-0.3, -0.25) is 4.98 Å². The van der Waals surface area contributed by atoms with Gasteiger partial charge >= 0.3 is 0 Å². The molecule has 3 heteroatoms. The van der Waals surface area contributed by atoms with Crippen molar-refractivity contribution in [2.75, 3.05) is 7.11 Å². The molecule has 0 N–H and O–H groups in total. The number of hydrogen-bond acceptors (Lipinski definition) is 2. The van der Waals surface area contributed by atoms with E-state index in [0.29, 0.717) is 0 Å². The van der Waals surface area contributed by atoms with Crippen molar-refractivity contribution in [3.05, 3.63) is 79.3 Å². The molecular weight excluding hydrogens is 284 g/mol. The number of hydrogen-bond donors (Lipinski definition) is 0. The highest BCUT2D eigenvalue weighted by atomic mass is 16.5. The van der Waals surface area contributed by atoms with Gasteiger partial charge in [0.05, 0.1) is 24.5 Å². The van der Waals surface area contributed by atoms with Crippen molar-refractivity contribution in [2.24, 2.45) is 0 Å². The van der Waals surface area contributed by atoms with E-state index < -0.39 is 0 Å². The van der Waals surface area contributed by atoms with Crippen LogP contribution in [0.2, 0.25) is 0 Å². The molecule has 2 heterocycles. The summed E-state index contributed by atoms with van der Waals surface area (Å²) in [4.78, 5) is 4.20. The van der Waals surface area contributed by atoms with Gasteiger partial charge in [-0.2, -0.15) is 0 Å². The molecule has 0 bridgehead atoms. The van der Waals surface area contributed by atoms with Crippen LogP contribution < -0.4 is 4.74 Å². The van der Waals surface area contributed by atoms with Gasteiger partial charge in [0.15, 0.2) is 0 Å².